The Kier molecular flexibility index (Phi) is 4.18. The number of benzene rings is 1. The van der Waals surface area contributed by atoms with Gasteiger partial charge in [0, 0.05) is 11.8 Å². The summed E-state index contributed by atoms with van der Waals surface area (Å²) in [5.41, 5.74) is 0.978. The molecule has 0 saturated heterocycles. The van der Waals surface area contributed by atoms with Gasteiger partial charge in [-0.25, -0.2) is 4.79 Å². The molecule has 2 aromatic rings. The van der Waals surface area contributed by atoms with Gasteiger partial charge >= 0.3 is 5.97 Å². The summed E-state index contributed by atoms with van der Waals surface area (Å²) in [5.74, 6) is -1.92. The molecular formula is C15H14N2O4. The van der Waals surface area contributed by atoms with Crippen molar-refractivity contribution in [3.05, 3.63) is 59.4 Å². The van der Waals surface area contributed by atoms with E-state index in [0.29, 0.717) is 11.1 Å². The number of carboxylic acids is 1. The fourth-order valence-electron chi connectivity index (χ4n) is 1.87. The molecule has 1 aromatic carbocycles. The Morgan fingerprint density at radius 3 is 2.38 bits per heavy atom. The molecule has 108 valence electrons. The largest absolute Gasteiger partial charge is 0.479 e. The smallest absolute Gasteiger partial charge is 0.330 e. The SMILES string of the molecule is CC(=O)c1c[nH]c(C(=O)NC(C(=O)O)c2ccccc2)c1. The first-order chi connectivity index (χ1) is 9.99. The van der Waals surface area contributed by atoms with E-state index in [1.54, 1.807) is 30.3 Å². The van der Waals surface area contributed by atoms with Crippen LogP contribution in [0.15, 0.2) is 42.6 Å². The standard InChI is InChI=1S/C15H14N2O4/c1-9(18)11-7-12(16-8-11)14(19)17-13(15(20)21)10-5-3-2-4-6-10/h2-8,13,16H,1H3,(H,17,19)(H,20,21). The fourth-order valence-corrected chi connectivity index (χ4v) is 1.87. The second-order valence-corrected chi connectivity index (χ2v) is 4.51. The highest BCUT2D eigenvalue weighted by atomic mass is 16.4. The van der Waals surface area contributed by atoms with Gasteiger partial charge in [0.05, 0.1) is 0 Å². The third-order valence-corrected chi connectivity index (χ3v) is 2.99. The van der Waals surface area contributed by atoms with E-state index in [-0.39, 0.29) is 11.5 Å². The molecule has 0 bridgehead atoms. The molecule has 6 nitrogen and oxygen atoms in total. The van der Waals surface area contributed by atoms with Crippen LogP contribution in [0, 0.1) is 0 Å². The van der Waals surface area contributed by atoms with Crippen molar-refractivity contribution in [3.63, 3.8) is 0 Å². The normalized spacial score (nSPS) is 11.7. The van der Waals surface area contributed by atoms with Crippen LogP contribution in [-0.4, -0.2) is 27.8 Å². The lowest BCUT2D eigenvalue weighted by Gasteiger charge is -2.14. The molecule has 0 aliphatic rings. The summed E-state index contributed by atoms with van der Waals surface area (Å²) in [4.78, 5) is 37.2. The zero-order valence-corrected chi connectivity index (χ0v) is 11.3. The summed E-state index contributed by atoms with van der Waals surface area (Å²) in [6.45, 7) is 1.38. The lowest BCUT2D eigenvalue weighted by molar-refractivity contribution is -0.139. The van der Waals surface area contributed by atoms with Crippen molar-refractivity contribution in [2.45, 2.75) is 13.0 Å². The van der Waals surface area contributed by atoms with Gasteiger partial charge in [-0.15, -0.1) is 0 Å². The first-order valence-electron chi connectivity index (χ1n) is 6.27. The Morgan fingerprint density at radius 2 is 1.86 bits per heavy atom. The molecule has 0 spiro atoms. The van der Waals surface area contributed by atoms with Crippen LogP contribution in [0.25, 0.3) is 0 Å². The fraction of sp³-hybridized carbons (Fsp3) is 0.133. The Bertz CT molecular complexity index is 676. The number of hydrogen-bond acceptors (Lipinski definition) is 3. The van der Waals surface area contributed by atoms with Crippen LogP contribution in [0.2, 0.25) is 0 Å². The van der Waals surface area contributed by atoms with E-state index in [1.165, 1.54) is 19.2 Å². The van der Waals surface area contributed by atoms with Crippen molar-refractivity contribution in [1.29, 1.82) is 0 Å². The predicted octanol–water partition coefficient (Wildman–Crippen LogP) is 1.77. The van der Waals surface area contributed by atoms with E-state index < -0.39 is 17.9 Å². The number of aromatic amines is 1. The molecular weight excluding hydrogens is 272 g/mol. The van der Waals surface area contributed by atoms with Crippen molar-refractivity contribution < 1.29 is 19.5 Å². The summed E-state index contributed by atoms with van der Waals surface area (Å²) in [7, 11) is 0. The second kappa shape index (κ2) is 6.04. The van der Waals surface area contributed by atoms with E-state index in [2.05, 4.69) is 10.3 Å². The number of ketones is 1. The molecule has 6 heteroatoms. The zero-order chi connectivity index (χ0) is 15.4. The number of aliphatic carboxylic acids is 1. The van der Waals surface area contributed by atoms with E-state index in [1.807, 2.05) is 0 Å². The summed E-state index contributed by atoms with van der Waals surface area (Å²) in [6, 6.07) is 8.63. The minimum absolute atomic E-state index is 0.141. The highest BCUT2D eigenvalue weighted by Gasteiger charge is 2.23. The topological polar surface area (TPSA) is 99.3 Å². The van der Waals surface area contributed by atoms with E-state index in [9.17, 15) is 19.5 Å². The lowest BCUT2D eigenvalue weighted by atomic mass is 10.1. The van der Waals surface area contributed by atoms with Gasteiger partial charge in [0.15, 0.2) is 11.8 Å². The van der Waals surface area contributed by atoms with Gasteiger partial charge in [-0.05, 0) is 18.6 Å². The molecule has 21 heavy (non-hydrogen) atoms. The quantitative estimate of drug-likeness (QED) is 0.729. The van der Waals surface area contributed by atoms with Crippen LogP contribution in [0.5, 0.6) is 0 Å². The zero-order valence-electron chi connectivity index (χ0n) is 11.3. The number of carboxylic acid groups (broad SMARTS) is 1. The van der Waals surface area contributed by atoms with Gasteiger partial charge in [0.1, 0.15) is 5.69 Å². The minimum atomic E-state index is -1.16. The molecule has 3 N–H and O–H groups in total. The van der Waals surface area contributed by atoms with Crippen LogP contribution >= 0.6 is 0 Å². The number of nitrogens with one attached hydrogen (secondary N) is 2. The molecule has 2 rings (SSSR count). The van der Waals surface area contributed by atoms with Gasteiger partial charge in [-0.2, -0.15) is 0 Å². The van der Waals surface area contributed by atoms with Crippen LogP contribution in [-0.2, 0) is 4.79 Å². The summed E-state index contributed by atoms with van der Waals surface area (Å²) >= 11 is 0. The third-order valence-electron chi connectivity index (χ3n) is 2.99. The van der Waals surface area contributed by atoms with Crippen molar-refractivity contribution >= 4 is 17.7 Å². The van der Waals surface area contributed by atoms with Crippen LogP contribution < -0.4 is 5.32 Å². The van der Waals surface area contributed by atoms with Crippen molar-refractivity contribution in [3.8, 4) is 0 Å². The molecule has 0 aliphatic heterocycles. The minimum Gasteiger partial charge on any atom is -0.479 e. The van der Waals surface area contributed by atoms with E-state index >= 15 is 0 Å². The molecule has 1 aromatic heterocycles. The molecule has 0 aliphatic carbocycles. The number of aromatic nitrogens is 1. The van der Waals surface area contributed by atoms with E-state index in [0.717, 1.165) is 0 Å². The number of H-pyrrole nitrogens is 1. The second-order valence-electron chi connectivity index (χ2n) is 4.51. The molecule has 0 radical (unpaired) electrons. The molecule has 0 fully saturated rings. The molecule has 0 saturated carbocycles. The molecule has 1 amide bonds. The Labute approximate surface area is 120 Å². The maximum Gasteiger partial charge on any atom is 0.330 e. The van der Waals surface area contributed by atoms with Crippen LogP contribution in [0.1, 0.15) is 39.4 Å². The lowest BCUT2D eigenvalue weighted by Crippen LogP contribution is -2.33. The molecule has 1 unspecified atom stereocenters. The van der Waals surface area contributed by atoms with Gasteiger partial charge < -0.3 is 15.4 Å². The molecule has 1 atom stereocenters. The Hall–Kier alpha value is -2.89. The van der Waals surface area contributed by atoms with Gasteiger partial charge in [-0.1, -0.05) is 30.3 Å². The average molecular weight is 286 g/mol. The first kappa shape index (κ1) is 14.5. The van der Waals surface area contributed by atoms with Gasteiger partial charge in [0.25, 0.3) is 5.91 Å². The Balaban J connectivity index is 2.19. The number of carbonyl (C=O) groups is 3. The highest BCUT2D eigenvalue weighted by molar-refractivity contribution is 6.00. The average Bonchev–Trinajstić information content (AvgIpc) is 2.95. The maximum absolute atomic E-state index is 12.1. The predicted molar refractivity (Wildman–Crippen MR) is 75.1 cm³/mol. The van der Waals surface area contributed by atoms with Crippen LogP contribution in [0.4, 0.5) is 0 Å². The number of amides is 1. The van der Waals surface area contributed by atoms with Crippen LogP contribution in [0.3, 0.4) is 0 Å². The summed E-state index contributed by atoms with van der Waals surface area (Å²) < 4.78 is 0. The summed E-state index contributed by atoms with van der Waals surface area (Å²) in [6.07, 6.45) is 1.41. The number of rotatable bonds is 5. The molecule has 1 heterocycles. The summed E-state index contributed by atoms with van der Waals surface area (Å²) in [5, 5.41) is 11.7. The monoisotopic (exact) mass is 286 g/mol. The van der Waals surface area contributed by atoms with Crippen molar-refractivity contribution in [2.75, 3.05) is 0 Å². The van der Waals surface area contributed by atoms with Gasteiger partial charge in [-0.3, -0.25) is 9.59 Å². The highest BCUT2D eigenvalue weighted by Crippen LogP contribution is 2.14. The van der Waals surface area contributed by atoms with Crippen molar-refractivity contribution in [1.82, 2.24) is 10.3 Å². The first-order valence-corrected chi connectivity index (χ1v) is 6.27. The van der Waals surface area contributed by atoms with Crippen molar-refractivity contribution in [2.24, 2.45) is 0 Å². The van der Waals surface area contributed by atoms with E-state index in [4.69, 9.17) is 0 Å². The number of carbonyl (C=O) groups excluding carboxylic acids is 2. The number of hydrogen-bond donors (Lipinski definition) is 3. The van der Waals surface area contributed by atoms with Gasteiger partial charge in [0.2, 0.25) is 0 Å². The Morgan fingerprint density at radius 1 is 1.19 bits per heavy atom. The third kappa shape index (κ3) is 3.36. The number of Topliss-reactive ketones (excluding diaryl/α,β-unsaturated/α-hetero) is 1. The maximum atomic E-state index is 12.1.